The van der Waals surface area contributed by atoms with Crippen molar-refractivity contribution in [1.82, 2.24) is 5.32 Å². The maximum atomic E-state index is 5.69. The lowest BCUT2D eigenvalue weighted by molar-refractivity contribution is -0.0756. The molecule has 1 heterocycles. The van der Waals surface area contributed by atoms with Crippen molar-refractivity contribution in [2.75, 3.05) is 5.88 Å². The van der Waals surface area contributed by atoms with Gasteiger partial charge in [-0.3, -0.25) is 5.32 Å². The minimum atomic E-state index is 0.0235. The van der Waals surface area contributed by atoms with Crippen LogP contribution in [0.1, 0.15) is 27.2 Å². The highest BCUT2D eigenvalue weighted by molar-refractivity contribution is 6.18. The summed E-state index contributed by atoms with van der Waals surface area (Å²) in [6.45, 7) is 6.43. The van der Waals surface area contributed by atoms with Gasteiger partial charge < -0.3 is 4.74 Å². The largest absolute Gasteiger partial charge is 0.359 e. The van der Waals surface area contributed by atoms with E-state index >= 15 is 0 Å². The van der Waals surface area contributed by atoms with Crippen LogP contribution in [0, 0.1) is 0 Å². The summed E-state index contributed by atoms with van der Waals surface area (Å²) < 4.78 is 5.53. The van der Waals surface area contributed by atoms with Crippen LogP contribution in [0.25, 0.3) is 0 Å². The molecule has 1 fully saturated rings. The third-order valence-electron chi connectivity index (χ3n) is 1.89. The standard InChI is InChI=1S/C8H16ClNO/c1-6-4-8(2,3)10-7(5-9)11-6/h6-7,10H,4-5H2,1-3H3. The van der Waals surface area contributed by atoms with Crippen LogP contribution in [0.15, 0.2) is 0 Å². The molecule has 0 aromatic carbocycles. The molecule has 1 aliphatic rings. The molecule has 0 bridgehead atoms. The number of hydrogen-bond donors (Lipinski definition) is 1. The van der Waals surface area contributed by atoms with Gasteiger partial charge >= 0.3 is 0 Å². The Bertz CT molecular complexity index is 138. The maximum absolute atomic E-state index is 5.69. The molecular formula is C8H16ClNO. The van der Waals surface area contributed by atoms with Crippen molar-refractivity contribution in [3.63, 3.8) is 0 Å². The summed E-state index contributed by atoms with van der Waals surface area (Å²) in [5.74, 6) is 0.522. The van der Waals surface area contributed by atoms with Crippen LogP contribution in [-0.4, -0.2) is 23.8 Å². The van der Waals surface area contributed by atoms with Crippen LogP contribution in [-0.2, 0) is 4.74 Å². The van der Waals surface area contributed by atoms with Gasteiger partial charge in [0.1, 0.15) is 6.23 Å². The molecule has 0 amide bonds. The first-order valence-electron chi connectivity index (χ1n) is 4.02. The molecule has 2 nitrogen and oxygen atoms in total. The highest BCUT2D eigenvalue weighted by atomic mass is 35.5. The van der Waals surface area contributed by atoms with Crippen molar-refractivity contribution in [3.8, 4) is 0 Å². The van der Waals surface area contributed by atoms with Crippen LogP contribution in [0.2, 0.25) is 0 Å². The molecule has 1 saturated heterocycles. The zero-order valence-corrected chi connectivity index (χ0v) is 8.11. The molecule has 3 heteroatoms. The quantitative estimate of drug-likeness (QED) is 0.616. The summed E-state index contributed by atoms with van der Waals surface area (Å²) in [7, 11) is 0. The zero-order valence-electron chi connectivity index (χ0n) is 7.36. The molecule has 0 aromatic rings. The Kier molecular flexibility index (Phi) is 2.79. The van der Waals surface area contributed by atoms with Gasteiger partial charge in [-0.15, -0.1) is 11.6 Å². The highest BCUT2D eigenvalue weighted by Gasteiger charge is 2.30. The van der Waals surface area contributed by atoms with E-state index in [1.165, 1.54) is 0 Å². The van der Waals surface area contributed by atoms with Gasteiger partial charge in [0.25, 0.3) is 0 Å². The van der Waals surface area contributed by atoms with E-state index in [1.807, 2.05) is 0 Å². The molecule has 66 valence electrons. The van der Waals surface area contributed by atoms with Crippen LogP contribution in [0.5, 0.6) is 0 Å². The molecule has 0 aliphatic carbocycles. The van der Waals surface area contributed by atoms with Crippen molar-refractivity contribution in [2.24, 2.45) is 0 Å². The first-order chi connectivity index (χ1) is 5.03. The normalized spacial score (nSPS) is 37.1. The fourth-order valence-corrected chi connectivity index (χ4v) is 1.80. The summed E-state index contributed by atoms with van der Waals surface area (Å²) in [4.78, 5) is 0. The first-order valence-corrected chi connectivity index (χ1v) is 4.56. The van der Waals surface area contributed by atoms with Crippen molar-refractivity contribution in [1.29, 1.82) is 0 Å². The van der Waals surface area contributed by atoms with Crippen molar-refractivity contribution >= 4 is 11.6 Å². The van der Waals surface area contributed by atoms with E-state index in [1.54, 1.807) is 0 Å². The maximum Gasteiger partial charge on any atom is 0.122 e. The number of halogens is 1. The monoisotopic (exact) mass is 177 g/mol. The van der Waals surface area contributed by atoms with E-state index in [0.29, 0.717) is 12.0 Å². The molecule has 1 rings (SSSR count). The minimum Gasteiger partial charge on any atom is -0.359 e. The average molecular weight is 178 g/mol. The predicted molar refractivity (Wildman–Crippen MR) is 46.9 cm³/mol. The van der Waals surface area contributed by atoms with Gasteiger partial charge in [0.15, 0.2) is 0 Å². The van der Waals surface area contributed by atoms with Crippen LogP contribution < -0.4 is 5.32 Å². The van der Waals surface area contributed by atoms with E-state index < -0.39 is 0 Å². The Labute approximate surface area is 73.3 Å². The Balaban J connectivity index is 2.51. The zero-order chi connectivity index (χ0) is 8.48. The predicted octanol–water partition coefficient (Wildman–Crippen LogP) is 1.73. The van der Waals surface area contributed by atoms with Gasteiger partial charge in [0.05, 0.1) is 12.0 Å². The van der Waals surface area contributed by atoms with Gasteiger partial charge in [0, 0.05) is 5.54 Å². The van der Waals surface area contributed by atoms with Gasteiger partial charge in [-0.1, -0.05) is 0 Å². The van der Waals surface area contributed by atoms with Crippen LogP contribution in [0.4, 0.5) is 0 Å². The van der Waals surface area contributed by atoms with Crippen molar-refractivity contribution in [3.05, 3.63) is 0 Å². The number of alkyl halides is 1. The molecule has 2 unspecified atom stereocenters. The molecule has 2 atom stereocenters. The SMILES string of the molecule is CC1CC(C)(C)NC(CCl)O1. The topological polar surface area (TPSA) is 21.3 Å². The summed E-state index contributed by atoms with van der Waals surface area (Å²) in [5, 5.41) is 3.32. The Morgan fingerprint density at radius 2 is 2.27 bits per heavy atom. The summed E-state index contributed by atoms with van der Waals surface area (Å²) >= 11 is 5.69. The van der Waals surface area contributed by atoms with E-state index in [2.05, 4.69) is 26.1 Å². The second-order valence-corrected chi connectivity index (χ2v) is 4.13. The lowest BCUT2D eigenvalue weighted by Crippen LogP contribution is -2.55. The summed E-state index contributed by atoms with van der Waals surface area (Å²) in [6, 6.07) is 0. The van der Waals surface area contributed by atoms with E-state index in [9.17, 15) is 0 Å². The lowest BCUT2D eigenvalue weighted by Gasteiger charge is -2.39. The smallest absolute Gasteiger partial charge is 0.122 e. The molecular weight excluding hydrogens is 162 g/mol. The fourth-order valence-electron chi connectivity index (χ4n) is 1.65. The molecule has 1 aliphatic heterocycles. The Morgan fingerprint density at radius 3 is 2.73 bits per heavy atom. The Morgan fingerprint density at radius 1 is 1.64 bits per heavy atom. The third kappa shape index (κ3) is 2.62. The van der Waals surface area contributed by atoms with Crippen LogP contribution >= 0.6 is 11.6 Å². The van der Waals surface area contributed by atoms with Gasteiger partial charge in [-0.25, -0.2) is 0 Å². The summed E-state index contributed by atoms with van der Waals surface area (Å²) in [5.41, 5.74) is 0.164. The second kappa shape index (κ2) is 3.30. The lowest BCUT2D eigenvalue weighted by atomic mass is 9.95. The fraction of sp³-hybridized carbons (Fsp3) is 1.00. The molecule has 0 radical (unpaired) electrons. The van der Waals surface area contributed by atoms with Crippen LogP contribution in [0.3, 0.4) is 0 Å². The second-order valence-electron chi connectivity index (χ2n) is 3.82. The number of ether oxygens (including phenoxy) is 1. The number of hydrogen-bond acceptors (Lipinski definition) is 2. The molecule has 0 aromatic heterocycles. The highest BCUT2D eigenvalue weighted by Crippen LogP contribution is 2.21. The Hall–Kier alpha value is 0.210. The van der Waals surface area contributed by atoms with Crippen molar-refractivity contribution in [2.45, 2.75) is 45.1 Å². The molecule has 11 heavy (non-hydrogen) atoms. The van der Waals surface area contributed by atoms with Crippen molar-refractivity contribution < 1.29 is 4.74 Å². The van der Waals surface area contributed by atoms with E-state index in [4.69, 9.17) is 16.3 Å². The average Bonchev–Trinajstić information content (AvgIpc) is 1.83. The number of nitrogens with one attached hydrogen (secondary N) is 1. The summed E-state index contributed by atoms with van der Waals surface area (Å²) in [6.07, 6.45) is 1.38. The van der Waals surface area contributed by atoms with E-state index in [0.717, 1.165) is 6.42 Å². The van der Waals surface area contributed by atoms with Gasteiger partial charge in [-0.2, -0.15) is 0 Å². The van der Waals surface area contributed by atoms with Gasteiger partial charge in [0.2, 0.25) is 0 Å². The third-order valence-corrected chi connectivity index (χ3v) is 2.17. The van der Waals surface area contributed by atoms with Gasteiger partial charge in [-0.05, 0) is 27.2 Å². The minimum absolute atomic E-state index is 0.0235. The molecule has 1 N–H and O–H groups in total. The van der Waals surface area contributed by atoms with E-state index in [-0.39, 0.29) is 11.8 Å². The molecule has 0 saturated carbocycles. The first kappa shape index (κ1) is 9.30. The molecule has 0 spiro atoms. The number of rotatable bonds is 1.